The van der Waals surface area contributed by atoms with Crippen LogP contribution in [0.4, 0.5) is 11.4 Å². The van der Waals surface area contributed by atoms with Crippen LogP contribution >= 0.6 is 23.5 Å². The van der Waals surface area contributed by atoms with Gasteiger partial charge in [-0.05, 0) is 36.1 Å². The predicted molar refractivity (Wildman–Crippen MR) is 102 cm³/mol. The predicted octanol–water partition coefficient (Wildman–Crippen LogP) is 3.66. The second kappa shape index (κ2) is 7.11. The highest BCUT2D eigenvalue weighted by atomic mass is 35.5. The Balaban J connectivity index is 1.89. The number of nitrogens with two attached hydrogens (primary N) is 1. The van der Waals surface area contributed by atoms with Crippen molar-refractivity contribution >= 4 is 34.9 Å². The SMILES string of the molecule is COc1ccc(CN(SC)C2NN(C)c3c(N)ccc(Cl)c32)cc1. The molecule has 24 heavy (non-hydrogen) atoms. The number of hydrogen-bond donors (Lipinski definition) is 2. The van der Waals surface area contributed by atoms with E-state index < -0.39 is 0 Å². The molecule has 3 rings (SSSR count). The Hall–Kier alpha value is -1.60. The molecule has 1 aliphatic rings. The van der Waals surface area contributed by atoms with E-state index in [1.54, 1.807) is 19.1 Å². The van der Waals surface area contributed by atoms with Gasteiger partial charge in [0.2, 0.25) is 0 Å². The zero-order valence-electron chi connectivity index (χ0n) is 13.9. The molecule has 1 aliphatic heterocycles. The molecule has 0 saturated heterocycles. The second-order valence-corrected chi connectivity index (χ2v) is 6.84. The minimum atomic E-state index is -0.0434. The highest BCUT2D eigenvalue weighted by molar-refractivity contribution is 7.96. The maximum absolute atomic E-state index is 6.47. The van der Waals surface area contributed by atoms with Crippen LogP contribution in [-0.4, -0.2) is 24.7 Å². The number of fused-ring (bicyclic) bond motifs is 1. The van der Waals surface area contributed by atoms with Gasteiger partial charge in [-0.15, -0.1) is 0 Å². The van der Waals surface area contributed by atoms with E-state index in [1.807, 2.05) is 36.3 Å². The zero-order valence-corrected chi connectivity index (χ0v) is 15.5. The van der Waals surface area contributed by atoms with Crippen LogP contribution in [0, 0.1) is 0 Å². The first-order valence-corrected chi connectivity index (χ1v) is 9.12. The summed E-state index contributed by atoms with van der Waals surface area (Å²) >= 11 is 8.14. The summed E-state index contributed by atoms with van der Waals surface area (Å²) in [6.07, 6.45) is 2.02. The lowest BCUT2D eigenvalue weighted by Gasteiger charge is -2.27. The second-order valence-electron chi connectivity index (χ2n) is 5.60. The number of hydrazine groups is 1. The number of nitrogen functional groups attached to an aromatic ring is 1. The third-order valence-corrected chi connectivity index (χ3v) is 5.28. The standard InChI is InChI=1S/C17H21ClN4OS/c1-21-16-14(19)9-8-13(18)15(16)17(20-21)22(24-3)10-11-4-6-12(23-2)7-5-11/h4-9,17,20H,10,19H2,1-3H3. The summed E-state index contributed by atoms with van der Waals surface area (Å²) < 4.78 is 7.47. The van der Waals surface area contributed by atoms with Gasteiger partial charge in [0.05, 0.1) is 18.5 Å². The molecule has 128 valence electrons. The highest BCUT2D eigenvalue weighted by Crippen LogP contribution is 2.44. The van der Waals surface area contributed by atoms with Gasteiger partial charge in [0.25, 0.3) is 0 Å². The van der Waals surface area contributed by atoms with Crippen molar-refractivity contribution < 1.29 is 4.74 Å². The molecule has 3 N–H and O–H groups in total. The maximum atomic E-state index is 6.47. The van der Waals surface area contributed by atoms with Gasteiger partial charge < -0.3 is 15.5 Å². The van der Waals surface area contributed by atoms with E-state index in [9.17, 15) is 0 Å². The van der Waals surface area contributed by atoms with Gasteiger partial charge in [0.15, 0.2) is 0 Å². The van der Waals surface area contributed by atoms with E-state index in [0.717, 1.165) is 34.3 Å². The number of nitrogens with zero attached hydrogens (tertiary/aromatic N) is 2. The van der Waals surface area contributed by atoms with Crippen molar-refractivity contribution in [3.05, 3.63) is 52.5 Å². The van der Waals surface area contributed by atoms with Crippen molar-refractivity contribution in [3.63, 3.8) is 0 Å². The molecule has 1 unspecified atom stereocenters. The lowest BCUT2D eigenvalue weighted by atomic mass is 10.1. The molecule has 0 aliphatic carbocycles. The highest BCUT2D eigenvalue weighted by Gasteiger charge is 2.34. The Bertz CT molecular complexity index is 725. The molecule has 0 fully saturated rings. The molecule has 0 saturated carbocycles. The van der Waals surface area contributed by atoms with E-state index in [0.29, 0.717) is 0 Å². The third kappa shape index (κ3) is 3.15. The molecular formula is C17H21ClN4OS. The maximum Gasteiger partial charge on any atom is 0.118 e. The van der Waals surface area contributed by atoms with Gasteiger partial charge in [0.1, 0.15) is 11.9 Å². The zero-order chi connectivity index (χ0) is 17.3. The van der Waals surface area contributed by atoms with Crippen LogP contribution in [0.15, 0.2) is 36.4 Å². The van der Waals surface area contributed by atoms with Gasteiger partial charge in [-0.2, -0.15) is 0 Å². The van der Waals surface area contributed by atoms with Crippen molar-refractivity contribution in [1.29, 1.82) is 0 Å². The number of halogens is 1. The van der Waals surface area contributed by atoms with Crippen LogP contribution in [0.25, 0.3) is 0 Å². The van der Waals surface area contributed by atoms with Crippen LogP contribution in [0.1, 0.15) is 17.3 Å². The summed E-state index contributed by atoms with van der Waals surface area (Å²) in [7, 11) is 3.63. The lowest BCUT2D eigenvalue weighted by molar-refractivity contribution is 0.313. The van der Waals surface area contributed by atoms with E-state index in [-0.39, 0.29) is 6.17 Å². The third-order valence-electron chi connectivity index (χ3n) is 4.14. The number of anilines is 2. The first-order valence-electron chi connectivity index (χ1n) is 7.56. The molecular weight excluding hydrogens is 344 g/mol. The average Bonchev–Trinajstić information content (AvgIpc) is 2.95. The summed E-state index contributed by atoms with van der Waals surface area (Å²) in [4.78, 5) is 0. The summed E-state index contributed by atoms with van der Waals surface area (Å²) in [6.45, 7) is 0.765. The van der Waals surface area contributed by atoms with Gasteiger partial charge in [0, 0.05) is 24.2 Å². The number of benzene rings is 2. The summed E-state index contributed by atoms with van der Waals surface area (Å²) in [5, 5.41) is 2.66. The molecule has 0 aromatic heterocycles. The number of methoxy groups -OCH3 is 1. The van der Waals surface area contributed by atoms with Gasteiger partial charge in [-0.25, -0.2) is 9.73 Å². The largest absolute Gasteiger partial charge is 0.497 e. The fourth-order valence-electron chi connectivity index (χ4n) is 2.93. The Morgan fingerprint density at radius 2 is 2.00 bits per heavy atom. The Labute approximate surface area is 151 Å². The van der Waals surface area contributed by atoms with Crippen molar-refractivity contribution in [1.82, 2.24) is 9.73 Å². The van der Waals surface area contributed by atoms with Gasteiger partial charge in [-0.3, -0.25) is 0 Å². The summed E-state index contributed by atoms with van der Waals surface area (Å²) in [6, 6.07) is 11.8. The molecule has 5 nitrogen and oxygen atoms in total. The molecule has 0 spiro atoms. The number of rotatable bonds is 5. The van der Waals surface area contributed by atoms with E-state index in [4.69, 9.17) is 22.1 Å². The van der Waals surface area contributed by atoms with Gasteiger partial charge in [-0.1, -0.05) is 35.7 Å². The molecule has 0 bridgehead atoms. The van der Waals surface area contributed by atoms with Crippen molar-refractivity contribution in [2.24, 2.45) is 0 Å². The quantitative estimate of drug-likeness (QED) is 0.623. The fraction of sp³-hybridized carbons (Fsp3) is 0.294. The van der Waals surface area contributed by atoms with Gasteiger partial charge >= 0.3 is 0 Å². The van der Waals surface area contributed by atoms with Crippen LogP contribution in [-0.2, 0) is 6.54 Å². The minimum Gasteiger partial charge on any atom is -0.497 e. The Morgan fingerprint density at radius 3 is 2.62 bits per heavy atom. The summed E-state index contributed by atoms with van der Waals surface area (Å²) in [5.41, 5.74) is 13.5. The van der Waals surface area contributed by atoms with Crippen molar-refractivity contribution in [3.8, 4) is 5.75 Å². The first-order chi connectivity index (χ1) is 11.5. The molecule has 1 heterocycles. The normalized spacial score (nSPS) is 16.5. The molecule has 0 amide bonds. The van der Waals surface area contributed by atoms with E-state index in [1.165, 1.54) is 5.56 Å². The number of nitrogens with one attached hydrogen (secondary N) is 1. The molecule has 7 heteroatoms. The summed E-state index contributed by atoms with van der Waals surface area (Å²) in [5.74, 6) is 0.856. The van der Waals surface area contributed by atoms with Crippen molar-refractivity contribution in [2.45, 2.75) is 12.7 Å². The van der Waals surface area contributed by atoms with E-state index in [2.05, 4.69) is 28.1 Å². The first kappa shape index (κ1) is 17.2. The van der Waals surface area contributed by atoms with E-state index >= 15 is 0 Å². The monoisotopic (exact) mass is 364 g/mol. The van der Waals surface area contributed by atoms with Crippen LogP contribution in [0.2, 0.25) is 5.02 Å². The Kier molecular flexibility index (Phi) is 5.10. The molecule has 2 aromatic carbocycles. The van der Waals surface area contributed by atoms with Crippen LogP contribution in [0.3, 0.4) is 0 Å². The smallest absolute Gasteiger partial charge is 0.118 e. The van der Waals surface area contributed by atoms with Crippen LogP contribution in [0.5, 0.6) is 5.75 Å². The lowest BCUT2D eigenvalue weighted by Crippen LogP contribution is -2.37. The van der Waals surface area contributed by atoms with Crippen molar-refractivity contribution in [2.75, 3.05) is 31.2 Å². The Morgan fingerprint density at radius 1 is 1.29 bits per heavy atom. The minimum absolute atomic E-state index is 0.0434. The molecule has 2 aromatic rings. The number of hydrogen-bond acceptors (Lipinski definition) is 6. The van der Waals surface area contributed by atoms with Crippen LogP contribution < -0.4 is 20.9 Å². The number of ether oxygens (including phenoxy) is 1. The molecule has 1 atom stereocenters. The topological polar surface area (TPSA) is 53.8 Å². The molecule has 0 radical (unpaired) electrons. The fourth-order valence-corrected chi connectivity index (χ4v) is 3.83. The average molecular weight is 365 g/mol.